The fourth-order valence-electron chi connectivity index (χ4n) is 3.98. The van der Waals surface area contributed by atoms with Crippen molar-refractivity contribution in [1.82, 2.24) is 15.2 Å². The van der Waals surface area contributed by atoms with E-state index in [1.54, 1.807) is 0 Å². The number of carboxylic acids is 1. The molecule has 0 saturated heterocycles. The molecule has 0 fully saturated rings. The highest BCUT2D eigenvalue weighted by atomic mass is 32.1. The van der Waals surface area contributed by atoms with E-state index in [4.69, 9.17) is 4.74 Å². The van der Waals surface area contributed by atoms with Gasteiger partial charge in [0.25, 0.3) is 0 Å². The number of rotatable bonds is 7. The number of nitrogens with one attached hydrogen (secondary N) is 1. The van der Waals surface area contributed by atoms with Gasteiger partial charge in [-0.05, 0) is 70.2 Å². The molecular formula is C25H31N3O4S. The second-order valence-corrected chi connectivity index (χ2v) is 9.78. The maximum absolute atomic E-state index is 13.1. The highest BCUT2D eigenvalue weighted by molar-refractivity contribution is 7.18. The Morgan fingerprint density at radius 2 is 1.79 bits per heavy atom. The van der Waals surface area contributed by atoms with Gasteiger partial charge in [0.05, 0.1) is 35.2 Å². The van der Waals surface area contributed by atoms with Crippen LogP contribution >= 0.6 is 11.3 Å². The summed E-state index contributed by atoms with van der Waals surface area (Å²) in [4.78, 5) is 31.1. The van der Waals surface area contributed by atoms with Gasteiger partial charge in [-0.2, -0.15) is 0 Å². The van der Waals surface area contributed by atoms with Crippen molar-refractivity contribution in [3.05, 3.63) is 58.6 Å². The van der Waals surface area contributed by atoms with Crippen LogP contribution < -0.4 is 10.1 Å². The molecule has 3 aromatic rings. The molecule has 33 heavy (non-hydrogen) atoms. The van der Waals surface area contributed by atoms with Crippen LogP contribution in [0, 0.1) is 5.41 Å². The standard InChI is InChI=1S/C22H22N2O4S.C3H9N/c1-2-28-16-7-8-17-18(9-16)29-19(24-17)13-23-21(27)22(12-20(25)26)10-14-5-3-4-6-15(14)11-22;1-4(2)3/h3-9H,2,10-13H2,1H3,(H,23,27)(H,25,26);1-3H3. The summed E-state index contributed by atoms with van der Waals surface area (Å²) < 4.78 is 6.52. The van der Waals surface area contributed by atoms with Crippen LogP contribution in [0.3, 0.4) is 0 Å². The molecule has 0 unspecified atom stereocenters. The number of aromatic nitrogens is 1. The first-order valence-corrected chi connectivity index (χ1v) is 11.7. The largest absolute Gasteiger partial charge is 0.494 e. The average molecular weight is 470 g/mol. The first-order valence-electron chi connectivity index (χ1n) is 10.9. The molecule has 2 N–H and O–H groups in total. The zero-order valence-electron chi connectivity index (χ0n) is 19.6. The Kier molecular flexibility index (Phi) is 8.05. The van der Waals surface area contributed by atoms with E-state index in [1.807, 2.05) is 75.4 Å². The van der Waals surface area contributed by atoms with Crippen LogP contribution in [-0.4, -0.2) is 54.6 Å². The molecule has 4 rings (SSSR count). The number of hydrogen-bond acceptors (Lipinski definition) is 6. The molecule has 0 radical (unpaired) electrons. The number of thiazole rings is 1. The lowest BCUT2D eigenvalue weighted by Crippen LogP contribution is -2.43. The lowest BCUT2D eigenvalue weighted by molar-refractivity contribution is -0.145. The van der Waals surface area contributed by atoms with Gasteiger partial charge in [-0.25, -0.2) is 4.98 Å². The molecule has 0 saturated carbocycles. The second-order valence-electron chi connectivity index (χ2n) is 8.67. The molecule has 7 nitrogen and oxygen atoms in total. The fraction of sp³-hybridized carbons (Fsp3) is 0.400. The lowest BCUT2D eigenvalue weighted by Gasteiger charge is -2.25. The Bertz CT molecular complexity index is 1100. The molecule has 1 aromatic heterocycles. The van der Waals surface area contributed by atoms with E-state index in [0.29, 0.717) is 19.4 Å². The maximum Gasteiger partial charge on any atom is 0.304 e. The van der Waals surface area contributed by atoms with Gasteiger partial charge >= 0.3 is 5.97 Å². The summed E-state index contributed by atoms with van der Waals surface area (Å²) in [5, 5.41) is 13.1. The summed E-state index contributed by atoms with van der Waals surface area (Å²) in [7, 11) is 6.00. The van der Waals surface area contributed by atoms with Crippen LogP contribution in [0.5, 0.6) is 5.75 Å². The van der Waals surface area contributed by atoms with Crippen LogP contribution in [0.4, 0.5) is 0 Å². The van der Waals surface area contributed by atoms with E-state index in [0.717, 1.165) is 32.1 Å². The molecular weight excluding hydrogens is 438 g/mol. The van der Waals surface area contributed by atoms with Crippen molar-refractivity contribution in [2.45, 2.75) is 32.7 Å². The molecule has 1 amide bonds. The smallest absolute Gasteiger partial charge is 0.304 e. The van der Waals surface area contributed by atoms with E-state index < -0.39 is 11.4 Å². The number of aliphatic carboxylic acids is 1. The predicted molar refractivity (Wildman–Crippen MR) is 131 cm³/mol. The number of amides is 1. The molecule has 1 aliphatic rings. The molecule has 0 spiro atoms. The normalized spacial score (nSPS) is 13.8. The summed E-state index contributed by atoms with van der Waals surface area (Å²) in [6.45, 7) is 2.81. The predicted octanol–water partition coefficient (Wildman–Crippen LogP) is 3.75. The molecule has 0 atom stereocenters. The SMILES string of the molecule is CCOc1ccc2nc(CNC(=O)C3(CC(=O)O)Cc4ccccc4C3)sc2c1.CN(C)C. The van der Waals surface area contributed by atoms with Gasteiger partial charge in [0.2, 0.25) is 5.91 Å². The van der Waals surface area contributed by atoms with Crippen molar-refractivity contribution >= 4 is 33.4 Å². The van der Waals surface area contributed by atoms with Gasteiger partial charge in [-0.15, -0.1) is 11.3 Å². The van der Waals surface area contributed by atoms with Gasteiger partial charge in [-0.3, -0.25) is 9.59 Å². The minimum Gasteiger partial charge on any atom is -0.494 e. The first-order chi connectivity index (χ1) is 15.7. The molecule has 176 valence electrons. The number of ether oxygens (including phenoxy) is 1. The number of carboxylic acid groups (broad SMARTS) is 1. The van der Waals surface area contributed by atoms with Crippen molar-refractivity contribution in [1.29, 1.82) is 0 Å². The molecule has 0 bridgehead atoms. The molecule has 2 aromatic carbocycles. The molecule has 0 aliphatic heterocycles. The molecule has 1 heterocycles. The number of hydrogen-bond donors (Lipinski definition) is 2. The van der Waals surface area contributed by atoms with Crippen LogP contribution in [0.1, 0.15) is 29.5 Å². The van der Waals surface area contributed by atoms with Gasteiger partial charge in [0.1, 0.15) is 10.8 Å². The third kappa shape index (κ3) is 6.30. The summed E-state index contributed by atoms with van der Waals surface area (Å²) in [6.07, 6.45) is 0.697. The Morgan fingerprint density at radius 3 is 2.36 bits per heavy atom. The van der Waals surface area contributed by atoms with Crippen molar-refractivity contribution in [2.75, 3.05) is 27.7 Å². The van der Waals surface area contributed by atoms with Crippen molar-refractivity contribution in [3.63, 3.8) is 0 Å². The Labute approximate surface area is 198 Å². The third-order valence-corrected chi connectivity index (χ3v) is 6.28. The van der Waals surface area contributed by atoms with E-state index in [1.165, 1.54) is 11.3 Å². The zero-order valence-corrected chi connectivity index (χ0v) is 20.4. The number of carbonyl (C=O) groups is 2. The number of carbonyl (C=O) groups excluding carboxylic acids is 1. The number of benzene rings is 2. The zero-order chi connectivity index (χ0) is 24.0. The highest BCUT2D eigenvalue weighted by Crippen LogP contribution is 2.40. The average Bonchev–Trinajstić information content (AvgIpc) is 3.32. The van der Waals surface area contributed by atoms with Crippen LogP contribution in [0.15, 0.2) is 42.5 Å². The lowest BCUT2D eigenvalue weighted by atomic mass is 9.80. The number of fused-ring (bicyclic) bond motifs is 2. The van der Waals surface area contributed by atoms with Crippen LogP contribution in [0.2, 0.25) is 0 Å². The highest BCUT2D eigenvalue weighted by Gasteiger charge is 2.45. The topological polar surface area (TPSA) is 91.8 Å². The van der Waals surface area contributed by atoms with Crippen molar-refractivity contribution < 1.29 is 19.4 Å². The molecule has 1 aliphatic carbocycles. The van der Waals surface area contributed by atoms with E-state index in [2.05, 4.69) is 10.3 Å². The van der Waals surface area contributed by atoms with Gasteiger partial charge in [0, 0.05) is 0 Å². The summed E-state index contributed by atoms with van der Waals surface area (Å²) in [6, 6.07) is 13.5. The van der Waals surface area contributed by atoms with E-state index >= 15 is 0 Å². The Balaban J connectivity index is 0.000000709. The van der Waals surface area contributed by atoms with Crippen LogP contribution in [0.25, 0.3) is 10.2 Å². The van der Waals surface area contributed by atoms with Gasteiger partial charge in [-0.1, -0.05) is 24.3 Å². The number of nitrogens with zero attached hydrogens (tertiary/aromatic N) is 2. The van der Waals surface area contributed by atoms with Gasteiger partial charge in [0.15, 0.2) is 0 Å². The quantitative estimate of drug-likeness (QED) is 0.548. The third-order valence-electron chi connectivity index (χ3n) is 5.26. The summed E-state index contributed by atoms with van der Waals surface area (Å²) in [5.41, 5.74) is 2.00. The monoisotopic (exact) mass is 469 g/mol. The van der Waals surface area contributed by atoms with Crippen molar-refractivity contribution in [3.8, 4) is 5.75 Å². The Hall–Kier alpha value is -2.97. The van der Waals surface area contributed by atoms with Crippen molar-refractivity contribution in [2.24, 2.45) is 5.41 Å². The van der Waals surface area contributed by atoms with Gasteiger partial charge < -0.3 is 20.1 Å². The minimum atomic E-state index is -0.962. The summed E-state index contributed by atoms with van der Waals surface area (Å²) >= 11 is 1.50. The summed E-state index contributed by atoms with van der Waals surface area (Å²) in [5.74, 6) is -0.398. The van der Waals surface area contributed by atoms with E-state index in [9.17, 15) is 14.7 Å². The minimum absolute atomic E-state index is 0.189. The maximum atomic E-state index is 13.1. The second kappa shape index (κ2) is 10.8. The van der Waals surface area contributed by atoms with E-state index in [-0.39, 0.29) is 18.9 Å². The fourth-order valence-corrected chi connectivity index (χ4v) is 4.91. The van der Waals surface area contributed by atoms with Crippen LogP contribution in [-0.2, 0) is 29.0 Å². The molecule has 8 heteroatoms. The first kappa shape index (κ1) is 24.7. The Morgan fingerprint density at radius 1 is 1.15 bits per heavy atom.